The van der Waals surface area contributed by atoms with Crippen LogP contribution in [-0.2, 0) is 30.5 Å². The standard InChI is InChI=1S/C32H32N2O7/c1-20(31(37)38)34(22-15-16-22)30(36)28(17-29(35)40-18-21-9-3-2-4-10-21)33-32(39)41-19-27-25-13-7-5-11-23(25)24-12-6-8-14-26(24)27/h2-14,20,22,27-28H,15-19H2,1H3,(H,33,39)(H,37,38)/t20?,28-/m0/s1. The van der Waals surface area contributed by atoms with Crippen LogP contribution in [0.1, 0.15) is 48.8 Å². The first-order chi connectivity index (χ1) is 19.8. The van der Waals surface area contributed by atoms with Crippen LogP contribution < -0.4 is 5.32 Å². The quantitative estimate of drug-likeness (QED) is 0.334. The summed E-state index contributed by atoms with van der Waals surface area (Å²) in [6.07, 6.45) is -0.0375. The third-order valence-corrected chi connectivity index (χ3v) is 7.52. The van der Waals surface area contributed by atoms with Gasteiger partial charge in [-0.05, 0) is 47.6 Å². The number of hydrogen-bond acceptors (Lipinski definition) is 6. The van der Waals surface area contributed by atoms with Crippen molar-refractivity contribution in [3.05, 3.63) is 95.6 Å². The highest BCUT2D eigenvalue weighted by Crippen LogP contribution is 2.44. The van der Waals surface area contributed by atoms with Gasteiger partial charge in [-0.1, -0.05) is 78.9 Å². The van der Waals surface area contributed by atoms with E-state index in [9.17, 15) is 24.3 Å². The van der Waals surface area contributed by atoms with Crippen LogP contribution in [-0.4, -0.2) is 58.7 Å². The maximum absolute atomic E-state index is 13.6. The molecule has 0 spiro atoms. The molecule has 0 heterocycles. The highest BCUT2D eigenvalue weighted by atomic mass is 16.5. The molecular formula is C32H32N2O7. The lowest BCUT2D eigenvalue weighted by Crippen LogP contribution is -2.54. The molecule has 1 unspecified atom stereocenters. The number of alkyl carbamates (subject to hydrolysis) is 1. The molecule has 1 fully saturated rings. The molecule has 212 valence electrons. The molecule has 0 aromatic heterocycles. The number of carbonyl (C=O) groups is 4. The predicted octanol–water partition coefficient (Wildman–Crippen LogP) is 4.49. The van der Waals surface area contributed by atoms with Crippen molar-refractivity contribution in [1.82, 2.24) is 10.2 Å². The van der Waals surface area contributed by atoms with E-state index in [1.165, 1.54) is 11.8 Å². The second-order valence-corrected chi connectivity index (χ2v) is 10.4. The lowest BCUT2D eigenvalue weighted by molar-refractivity contribution is -0.153. The molecule has 0 saturated heterocycles. The summed E-state index contributed by atoms with van der Waals surface area (Å²) in [6, 6.07) is 22.2. The van der Waals surface area contributed by atoms with E-state index in [1.54, 1.807) is 12.1 Å². The Morgan fingerprint density at radius 1 is 0.878 bits per heavy atom. The minimum Gasteiger partial charge on any atom is -0.480 e. The molecule has 5 rings (SSSR count). The van der Waals surface area contributed by atoms with Gasteiger partial charge >= 0.3 is 18.0 Å². The number of benzene rings is 3. The fraction of sp³-hybridized carbons (Fsp3) is 0.312. The van der Waals surface area contributed by atoms with E-state index in [4.69, 9.17) is 9.47 Å². The maximum atomic E-state index is 13.6. The van der Waals surface area contributed by atoms with Gasteiger partial charge in [-0.2, -0.15) is 0 Å². The Morgan fingerprint density at radius 3 is 2.05 bits per heavy atom. The molecular weight excluding hydrogens is 524 g/mol. The Balaban J connectivity index is 1.29. The molecule has 41 heavy (non-hydrogen) atoms. The molecule has 3 aromatic rings. The number of ether oxygens (including phenoxy) is 2. The first-order valence-electron chi connectivity index (χ1n) is 13.7. The number of esters is 1. The smallest absolute Gasteiger partial charge is 0.407 e. The zero-order valence-corrected chi connectivity index (χ0v) is 22.7. The van der Waals surface area contributed by atoms with Gasteiger partial charge in [-0.15, -0.1) is 0 Å². The van der Waals surface area contributed by atoms with Crippen LogP contribution in [0, 0.1) is 0 Å². The summed E-state index contributed by atoms with van der Waals surface area (Å²) in [5.74, 6) is -2.72. The summed E-state index contributed by atoms with van der Waals surface area (Å²) in [4.78, 5) is 52.4. The Labute approximate surface area is 238 Å². The van der Waals surface area contributed by atoms with Crippen LogP contribution in [0.4, 0.5) is 4.79 Å². The SMILES string of the molecule is CC(C(=O)O)N(C(=O)[C@H](CC(=O)OCc1ccccc1)NC(=O)OCC1c2ccccc2-c2ccccc21)C1CC1. The second-order valence-electron chi connectivity index (χ2n) is 10.4. The van der Waals surface area contributed by atoms with Crippen LogP contribution >= 0.6 is 0 Å². The average molecular weight is 557 g/mol. The van der Waals surface area contributed by atoms with E-state index in [0.29, 0.717) is 12.8 Å². The van der Waals surface area contributed by atoms with Gasteiger partial charge in [-0.25, -0.2) is 9.59 Å². The van der Waals surface area contributed by atoms with Gasteiger partial charge in [0.1, 0.15) is 25.3 Å². The van der Waals surface area contributed by atoms with E-state index < -0.39 is 42.4 Å². The Bertz CT molecular complexity index is 1390. The number of fused-ring (bicyclic) bond motifs is 3. The van der Waals surface area contributed by atoms with Gasteiger partial charge in [-0.3, -0.25) is 9.59 Å². The fourth-order valence-corrected chi connectivity index (χ4v) is 5.28. The molecule has 0 radical (unpaired) electrons. The number of aliphatic carboxylic acids is 1. The number of carboxylic acids is 1. The van der Waals surface area contributed by atoms with Crippen molar-refractivity contribution < 1.29 is 33.8 Å². The van der Waals surface area contributed by atoms with Gasteiger partial charge in [0.15, 0.2) is 0 Å². The van der Waals surface area contributed by atoms with Gasteiger partial charge in [0.2, 0.25) is 5.91 Å². The van der Waals surface area contributed by atoms with E-state index in [0.717, 1.165) is 27.8 Å². The average Bonchev–Trinajstić information content (AvgIpc) is 3.76. The minimum atomic E-state index is -1.35. The molecule has 2 N–H and O–H groups in total. The highest BCUT2D eigenvalue weighted by molar-refractivity contribution is 5.92. The van der Waals surface area contributed by atoms with Gasteiger partial charge in [0.25, 0.3) is 0 Å². The van der Waals surface area contributed by atoms with Crippen molar-refractivity contribution in [3.63, 3.8) is 0 Å². The molecule has 0 aliphatic heterocycles. The monoisotopic (exact) mass is 556 g/mol. The van der Waals surface area contributed by atoms with Crippen molar-refractivity contribution in [1.29, 1.82) is 0 Å². The minimum absolute atomic E-state index is 0.00337. The van der Waals surface area contributed by atoms with E-state index >= 15 is 0 Å². The number of rotatable bonds is 11. The van der Waals surface area contributed by atoms with Crippen molar-refractivity contribution in [3.8, 4) is 11.1 Å². The molecule has 0 bridgehead atoms. The van der Waals surface area contributed by atoms with Crippen LogP contribution in [0.5, 0.6) is 0 Å². The van der Waals surface area contributed by atoms with Crippen molar-refractivity contribution in [2.75, 3.05) is 6.61 Å². The van der Waals surface area contributed by atoms with Crippen LogP contribution in [0.15, 0.2) is 78.9 Å². The lowest BCUT2D eigenvalue weighted by atomic mass is 9.98. The Morgan fingerprint density at radius 2 is 1.46 bits per heavy atom. The van der Waals surface area contributed by atoms with Crippen LogP contribution in [0.2, 0.25) is 0 Å². The highest BCUT2D eigenvalue weighted by Gasteiger charge is 2.42. The molecule has 9 heteroatoms. The number of nitrogens with one attached hydrogen (secondary N) is 1. The summed E-state index contributed by atoms with van der Waals surface area (Å²) >= 11 is 0. The maximum Gasteiger partial charge on any atom is 0.407 e. The van der Waals surface area contributed by atoms with Gasteiger partial charge in [0.05, 0.1) is 6.42 Å². The number of carboxylic acid groups (broad SMARTS) is 1. The largest absolute Gasteiger partial charge is 0.480 e. The van der Waals surface area contributed by atoms with Crippen LogP contribution in [0.25, 0.3) is 11.1 Å². The first kappa shape index (κ1) is 27.9. The number of hydrogen-bond donors (Lipinski definition) is 2. The molecule has 9 nitrogen and oxygen atoms in total. The number of carbonyl (C=O) groups excluding carboxylic acids is 3. The Kier molecular flexibility index (Phi) is 8.33. The van der Waals surface area contributed by atoms with Gasteiger partial charge < -0.3 is 24.8 Å². The van der Waals surface area contributed by atoms with E-state index in [2.05, 4.69) is 5.32 Å². The van der Waals surface area contributed by atoms with E-state index in [1.807, 2.05) is 66.7 Å². The van der Waals surface area contributed by atoms with Crippen LogP contribution in [0.3, 0.4) is 0 Å². The lowest BCUT2D eigenvalue weighted by Gasteiger charge is -2.30. The Hall–Kier alpha value is -4.66. The third-order valence-electron chi connectivity index (χ3n) is 7.52. The summed E-state index contributed by atoms with van der Waals surface area (Å²) in [6.45, 7) is 1.44. The molecule has 1 saturated carbocycles. The second kappa shape index (κ2) is 12.2. The summed E-state index contributed by atoms with van der Waals surface area (Å²) in [5, 5.41) is 12.1. The fourth-order valence-electron chi connectivity index (χ4n) is 5.28. The molecule has 3 aromatic carbocycles. The zero-order valence-electron chi connectivity index (χ0n) is 22.7. The molecule has 2 atom stereocenters. The topological polar surface area (TPSA) is 122 Å². The van der Waals surface area contributed by atoms with Crippen molar-refractivity contribution >= 4 is 23.9 Å². The summed E-state index contributed by atoms with van der Waals surface area (Å²) in [5.41, 5.74) is 5.00. The number of amides is 2. The normalized spacial score (nSPS) is 15.1. The number of nitrogens with zero attached hydrogens (tertiary/aromatic N) is 1. The third kappa shape index (κ3) is 6.40. The predicted molar refractivity (Wildman–Crippen MR) is 150 cm³/mol. The molecule has 2 aliphatic carbocycles. The zero-order chi connectivity index (χ0) is 28.9. The van der Waals surface area contributed by atoms with Crippen molar-refractivity contribution in [2.45, 2.75) is 56.8 Å². The van der Waals surface area contributed by atoms with Crippen molar-refractivity contribution in [2.24, 2.45) is 0 Å². The molecule has 2 aliphatic rings. The summed E-state index contributed by atoms with van der Waals surface area (Å²) < 4.78 is 11.0. The summed E-state index contributed by atoms with van der Waals surface area (Å²) in [7, 11) is 0. The molecule has 2 amide bonds. The van der Waals surface area contributed by atoms with E-state index in [-0.39, 0.29) is 25.2 Å². The first-order valence-corrected chi connectivity index (χ1v) is 13.7. The van der Waals surface area contributed by atoms with Gasteiger partial charge in [0, 0.05) is 12.0 Å².